The van der Waals surface area contributed by atoms with Crippen molar-refractivity contribution in [1.29, 1.82) is 10.5 Å². The minimum atomic E-state index is -0.626. The van der Waals surface area contributed by atoms with Crippen molar-refractivity contribution >= 4 is 126 Å². The van der Waals surface area contributed by atoms with Gasteiger partial charge in [-0.15, -0.1) is 0 Å². The van der Waals surface area contributed by atoms with Crippen LogP contribution in [0.15, 0.2) is 207 Å². The molecule has 0 fully saturated rings. The van der Waals surface area contributed by atoms with Gasteiger partial charge >= 0.3 is 13.7 Å². The standard InChI is InChI=1S/C70H53B2Cl4N9O/c1-4-83(5-2)35-20-36-86-51-33-31-46(32-34-51)67-65-66(70(54(42-78)64-44-80-60-38-56(74)58(76)40-62(60)82-64)84(67)71(47-22-10-6-11-23-47)48-24-12-7-13-25-48)68(52-30-19-18-21-45(52)3)85(72(49-26-14-8-15-27-49)50-28-16-9-17-29-50)69(65)53(41-77)63-43-79-59-37-55(73)57(75)39-61(59)81-63/h6-19,21-34,37-40,43-44H,4-5,20,35-36H2,1-3H3/b69-53-,70-54-. The molecular weight excluding hydrogens is 1150 g/mol. The van der Waals surface area contributed by atoms with Crippen LogP contribution in [0, 0.1) is 29.6 Å². The number of nitriles is 2. The Morgan fingerprint density at radius 1 is 0.512 bits per heavy atom. The Balaban J connectivity index is 1.38. The van der Waals surface area contributed by atoms with Crippen molar-refractivity contribution in [3.8, 4) is 40.4 Å². The van der Waals surface area contributed by atoms with Crippen LogP contribution in [0.4, 0.5) is 0 Å². The van der Waals surface area contributed by atoms with E-state index in [-0.39, 0.29) is 22.5 Å². The Hall–Kier alpha value is -8.97. The average Bonchev–Trinajstić information content (AvgIpc) is 1.55. The quantitative estimate of drug-likeness (QED) is 0.0653. The third-order valence-electron chi connectivity index (χ3n) is 15.8. The first kappa shape index (κ1) is 57.5. The van der Waals surface area contributed by atoms with Crippen LogP contribution in [0.25, 0.3) is 66.5 Å². The Morgan fingerprint density at radius 2 is 0.907 bits per heavy atom. The van der Waals surface area contributed by atoms with Crippen molar-refractivity contribution in [1.82, 2.24) is 33.8 Å². The van der Waals surface area contributed by atoms with Gasteiger partial charge < -0.3 is 18.6 Å². The van der Waals surface area contributed by atoms with Gasteiger partial charge in [0, 0.05) is 34.3 Å². The fraction of sp³-hybridized carbons (Fsp3) is 0.114. The summed E-state index contributed by atoms with van der Waals surface area (Å²) in [6.45, 7) is 8.55. The SMILES string of the molecule is CCN(CC)CCCOc1ccc(-c2c3/c(=C(\C#N)c4cnc5cc(Cl)c(Cl)cc5n4)n(B(c4ccccc4)c4ccccc4)c(-c4ccccc4C)c3/c(=C(\C#N)c3cnc4cc(Cl)c(Cl)cc4n3)n2B(c2ccccc2)c2ccccc2)cc1. The highest BCUT2D eigenvalue weighted by atomic mass is 35.5. The van der Waals surface area contributed by atoms with E-state index in [1.165, 1.54) is 0 Å². The summed E-state index contributed by atoms with van der Waals surface area (Å²) in [7, 11) is 0. The van der Waals surface area contributed by atoms with Crippen LogP contribution in [0.1, 0.15) is 37.2 Å². The summed E-state index contributed by atoms with van der Waals surface area (Å²) in [4.78, 5) is 22.7. The molecular formula is C70H53B2Cl4N9O. The lowest BCUT2D eigenvalue weighted by molar-refractivity contribution is 0.249. The summed E-state index contributed by atoms with van der Waals surface area (Å²) < 4.78 is 11.1. The van der Waals surface area contributed by atoms with Crippen LogP contribution in [0.5, 0.6) is 5.75 Å². The Morgan fingerprint density at radius 3 is 1.33 bits per heavy atom. The zero-order valence-electron chi connectivity index (χ0n) is 47.3. The second-order valence-corrected chi connectivity index (χ2v) is 22.5. The average molecular weight is 1200 g/mol. The molecule has 4 heterocycles. The number of rotatable bonds is 17. The molecule has 10 nitrogen and oxygen atoms in total. The largest absolute Gasteiger partial charge is 0.494 e. The van der Waals surface area contributed by atoms with Crippen LogP contribution < -0.4 is 37.3 Å². The summed E-state index contributed by atoms with van der Waals surface area (Å²) >= 11 is 26.7. The third-order valence-corrected chi connectivity index (χ3v) is 17.3. The molecule has 0 aliphatic carbocycles. The van der Waals surface area contributed by atoms with E-state index in [4.69, 9.17) is 71.1 Å². The van der Waals surface area contributed by atoms with Gasteiger partial charge in [0.2, 0.25) is 0 Å². The van der Waals surface area contributed by atoms with Gasteiger partial charge in [0.15, 0.2) is 0 Å². The highest BCUT2D eigenvalue weighted by Gasteiger charge is 2.38. The molecule has 0 amide bonds. The van der Waals surface area contributed by atoms with Gasteiger partial charge in [-0.1, -0.05) is 228 Å². The highest BCUT2D eigenvalue weighted by molar-refractivity contribution is 6.85. The number of nitrogens with zero attached hydrogens (tertiary/aromatic N) is 9. The minimum Gasteiger partial charge on any atom is -0.494 e. The second-order valence-electron chi connectivity index (χ2n) is 20.9. The van der Waals surface area contributed by atoms with Gasteiger partial charge in [-0.2, -0.15) is 10.5 Å². The van der Waals surface area contributed by atoms with Gasteiger partial charge in [-0.3, -0.25) is 9.97 Å². The second kappa shape index (κ2) is 25.3. The maximum absolute atomic E-state index is 12.4. The summed E-state index contributed by atoms with van der Waals surface area (Å²) in [5.41, 5.74) is 10.5. The molecule has 0 atom stereocenters. The van der Waals surface area contributed by atoms with E-state index < -0.39 is 13.7 Å². The highest BCUT2D eigenvalue weighted by Crippen LogP contribution is 2.38. The van der Waals surface area contributed by atoms with E-state index in [0.717, 1.165) is 70.3 Å². The van der Waals surface area contributed by atoms with Crippen molar-refractivity contribution in [2.75, 3.05) is 26.2 Å². The number of fused-ring (bicyclic) bond motifs is 3. The molecule has 86 heavy (non-hydrogen) atoms. The Bertz CT molecular complexity index is 4530. The van der Waals surface area contributed by atoms with Crippen molar-refractivity contribution in [2.24, 2.45) is 0 Å². The van der Waals surface area contributed by atoms with Gasteiger partial charge in [-0.05, 0) is 86.1 Å². The van der Waals surface area contributed by atoms with Gasteiger partial charge in [-0.25, -0.2) is 9.97 Å². The van der Waals surface area contributed by atoms with Crippen LogP contribution >= 0.6 is 46.4 Å². The smallest absolute Gasteiger partial charge is 0.328 e. The van der Waals surface area contributed by atoms with E-state index in [2.05, 4.69) is 120 Å². The molecule has 0 unspecified atom stereocenters. The first-order valence-corrected chi connectivity index (χ1v) is 29.9. The minimum absolute atomic E-state index is 0.205. The number of halogens is 4. The number of hydrogen-bond acceptors (Lipinski definition) is 8. The molecule has 0 N–H and O–H groups in total. The lowest BCUT2D eigenvalue weighted by Crippen LogP contribution is -2.54. The van der Waals surface area contributed by atoms with Crippen LogP contribution in [-0.4, -0.2) is 73.7 Å². The predicted octanol–water partition coefficient (Wildman–Crippen LogP) is 12.4. The molecule has 0 aliphatic rings. The lowest BCUT2D eigenvalue weighted by Gasteiger charge is -2.25. The Kier molecular flexibility index (Phi) is 16.9. The molecule has 0 bridgehead atoms. The molecule has 0 saturated carbocycles. The number of aryl methyl sites for hydroxylation is 1. The van der Waals surface area contributed by atoms with Crippen LogP contribution in [0.2, 0.25) is 20.1 Å². The predicted molar refractivity (Wildman–Crippen MR) is 355 cm³/mol. The van der Waals surface area contributed by atoms with Crippen molar-refractivity contribution < 1.29 is 4.74 Å². The van der Waals surface area contributed by atoms with E-state index in [1.807, 2.05) is 97.1 Å². The summed E-state index contributed by atoms with van der Waals surface area (Å²) in [5, 5.41) is 28.4. The topological polar surface area (TPSA) is 121 Å². The van der Waals surface area contributed by atoms with Crippen molar-refractivity contribution in [3.63, 3.8) is 0 Å². The molecule has 418 valence electrons. The van der Waals surface area contributed by atoms with E-state index >= 15 is 0 Å². The molecule has 16 heteroatoms. The summed E-state index contributed by atoms with van der Waals surface area (Å²) in [5.74, 6) is 0.695. The molecule has 12 aromatic rings. The van der Waals surface area contributed by atoms with Gasteiger partial charge in [0.1, 0.15) is 40.4 Å². The van der Waals surface area contributed by atoms with E-state index in [1.54, 1.807) is 36.7 Å². The zero-order chi connectivity index (χ0) is 59.4. The molecule has 0 aliphatic heterocycles. The fourth-order valence-electron chi connectivity index (χ4n) is 11.8. The molecule has 0 spiro atoms. The van der Waals surface area contributed by atoms with Crippen molar-refractivity contribution in [2.45, 2.75) is 27.2 Å². The zero-order valence-corrected chi connectivity index (χ0v) is 50.3. The monoisotopic (exact) mass is 1200 g/mol. The fourth-order valence-corrected chi connectivity index (χ4v) is 12.4. The normalized spacial score (nSPS) is 12.1. The van der Waals surface area contributed by atoms with E-state index in [9.17, 15) is 10.5 Å². The molecule has 8 aromatic carbocycles. The number of ether oxygens (including phenoxy) is 1. The number of hydrogen-bond donors (Lipinski definition) is 0. The molecule has 4 aromatic heterocycles. The first-order chi connectivity index (χ1) is 42.1. The summed E-state index contributed by atoms with van der Waals surface area (Å²) in [6.07, 6.45) is 4.09. The lowest BCUT2D eigenvalue weighted by atomic mass is 9.50. The summed E-state index contributed by atoms with van der Waals surface area (Å²) in [6, 6.07) is 69.7. The third kappa shape index (κ3) is 11.0. The first-order valence-electron chi connectivity index (χ1n) is 28.4. The number of aromatic nitrogens is 6. The Labute approximate surface area is 519 Å². The van der Waals surface area contributed by atoms with Gasteiger partial charge in [0.05, 0.1) is 71.9 Å². The van der Waals surface area contributed by atoms with Crippen molar-refractivity contribution in [3.05, 3.63) is 254 Å². The van der Waals surface area contributed by atoms with E-state index in [0.29, 0.717) is 81.7 Å². The van der Waals surface area contributed by atoms with Gasteiger partial charge in [0.25, 0.3) is 0 Å². The van der Waals surface area contributed by atoms with Crippen LogP contribution in [-0.2, 0) is 0 Å². The maximum Gasteiger partial charge on any atom is 0.328 e. The molecule has 0 saturated heterocycles. The molecule has 0 radical (unpaired) electrons. The van der Waals surface area contributed by atoms with Crippen LogP contribution in [0.3, 0.4) is 0 Å². The maximum atomic E-state index is 12.4. The number of benzene rings is 8. The molecule has 12 rings (SSSR count).